The van der Waals surface area contributed by atoms with E-state index in [1.165, 1.54) is 24.5 Å². The second-order valence-corrected chi connectivity index (χ2v) is 4.66. The molecule has 3 rings (SSSR count). The largest absolute Gasteiger partial charge is 0.265 e. The van der Waals surface area contributed by atoms with Crippen LogP contribution in [0.1, 0.15) is 5.56 Å². The van der Waals surface area contributed by atoms with Gasteiger partial charge in [-0.05, 0) is 35.4 Å². The normalized spacial score (nSPS) is 11.0. The lowest BCUT2D eigenvalue weighted by atomic mass is 10.0. The van der Waals surface area contributed by atoms with Crippen LogP contribution < -0.4 is 0 Å². The van der Waals surface area contributed by atoms with Crippen molar-refractivity contribution in [2.45, 2.75) is 0 Å². The SMILES string of the molecule is Fc1ccc(N=Cc2ccccc2)c(F)c1-c1ccncc1. The van der Waals surface area contributed by atoms with E-state index >= 15 is 0 Å². The predicted molar refractivity (Wildman–Crippen MR) is 83.3 cm³/mol. The lowest BCUT2D eigenvalue weighted by Crippen LogP contribution is -1.91. The summed E-state index contributed by atoms with van der Waals surface area (Å²) in [6.45, 7) is 0. The Bertz CT molecular complexity index is 800. The Kier molecular flexibility index (Phi) is 4.01. The second-order valence-electron chi connectivity index (χ2n) is 4.66. The monoisotopic (exact) mass is 294 g/mol. The van der Waals surface area contributed by atoms with Crippen LogP contribution in [0.4, 0.5) is 14.5 Å². The van der Waals surface area contributed by atoms with Crippen LogP contribution in [0.15, 0.2) is 72.0 Å². The smallest absolute Gasteiger partial charge is 0.159 e. The maximum atomic E-state index is 14.5. The molecule has 0 saturated carbocycles. The first kappa shape index (κ1) is 14.1. The van der Waals surface area contributed by atoms with Crippen LogP contribution in [0.2, 0.25) is 0 Å². The number of benzene rings is 2. The summed E-state index contributed by atoms with van der Waals surface area (Å²) in [5.41, 5.74) is 1.28. The van der Waals surface area contributed by atoms with E-state index in [0.717, 1.165) is 5.56 Å². The molecule has 1 heterocycles. The summed E-state index contributed by atoms with van der Waals surface area (Å²) in [6.07, 6.45) is 4.54. The lowest BCUT2D eigenvalue weighted by molar-refractivity contribution is 0.591. The Labute approximate surface area is 126 Å². The highest BCUT2D eigenvalue weighted by Gasteiger charge is 2.14. The Balaban J connectivity index is 2.02. The molecule has 0 N–H and O–H groups in total. The molecular weight excluding hydrogens is 282 g/mol. The van der Waals surface area contributed by atoms with Gasteiger partial charge in [0.2, 0.25) is 0 Å². The molecule has 0 radical (unpaired) electrons. The van der Waals surface area contributed by atoms with E-state index in [1.807, 2.05) is 30.3 Å². The van der Waals surface area contributed by atoms with Crippen LogP contribution in [-0.4, -0.2) is 11.2 Å². The van der Waals surface area contributed by atoms with Gasteiger partial charge >= 0.3 is 0 Å². The average molecular weight is 294 g/mol. The third-order valence-corrected chi connectivity index (χ3v) is 3.19. The highest BCUT2D eigenvalue weighted by Crippen LogP contribution is 2.31. The zero-order valence-corrected chi connectivity index (χ0v) is 11.6. The summed E-state index contributed by atoms with van der Waals surface area (Å²) in [7, 11) is 0. The molecule has 22 heavy (non-hydrogen) atoms. The summed E-state index contributed by atoms with van der Waals surface area (Å²) in [6, 6.07) is 15.0. The van der Waals surface area contributed by atoms with Crippen LogP contribution in [0.25, 0.3) is 11.1 Å². The summed E-state index contributed by atoms with van der Waals surface area (Å²) >= 11 is 0. The van der Waals surface area contributed by atoms with Gasteiger partial charge in [-0.15, -0.1) is 0 Å². The van der Waals surface area contributed by atoms with Gasteiger partial charge in [-0.1, -0.05) is 30.3 Å². The van der Waals surface area contributed by atoms with E-state index in [1.54, 1.807) is 18.3 Å². The molecule has 3 aromatic rings. The molecule has 0 amide bonds. The van der Waals surface area contributed by atoms with E-state index in [2.05, 4.69) is 9.98 Å². The number of rotatable bonds is 3. The van der Waals surface area contributed by atoms with Gasteiger partial charge in [0, 0.05) is 18.6 Å². The molecule has 0 bridgehead atoms. The zero-order valence-electron chi connectivity index (χ0n) is 11.6. The Morgan fingerprint density at radius 1 is 0.864 bits per heavy atom. The van der Waals surface area contributed by atoms with Gasteiger partial charge in [-0.25, -0.2) is 8.78 Å². The maximum absolute atomic E-state index is 14.5. The van der Waals surface area contributed by atoms with Crippen LogP contribution in [0.3, 0.4) is 0 Å². The summed E-state index contributed by atoms with van der Waals surface area (Å²) in [4.78, 5) is 7.98. The molecule has 0 spiro atoms. The van der Waals surface area contributed by atoms with Gasteiger partial charge in [-0.3, -0.25) is 9.98 Å². The van der Waals surface area contributed by atoms with Gasteiger partial charge in [0.15, 0.2) is 5.82 Å². The standard InChI is InChI=1S/C18H12F2N2/c19-15-6-7-16(22-12-13-4-2-1-3-5-13)18(20)17(15)14-8-10-21-11-9-14/h1-12H. The fourth-order valence-electron chi connectivity index (χ4n) is 2.11. The number of aliphatic imine (C=N–C) groups is 1. The Morgan fingerprint density at radius 3 is 2.32 bits per heavy atom. The number of aromatic nitrogens is 1. The molecular formula is C18H12F2N2. The molecule has 0 aliphatic heterocycles. The third-order valence-electron chi connectivity index (χ3n) is 3.19. The molecule has 0 fully saturated rings. The molecule has 2 aromatic carbocycles. The fraction of sp³-hybridized carbons (Fsp3) is 0. The molecule has 0 unspecified atom stereocenters. The first-order chi connectivity index (χ1) is 10.8. The summed E-state index contributed by atoms with van der Waals surface area (Å²) in [5.74, 6) is -1.30. The molecule has 0 saturated heterocycles. The molecule has 1 aromatic heterocycles. The Morgan fingerprint density at radius 2 is 1.59 bits per heavy atom. The number of nitrogens with zero attached hydrogens (tertiary/aromatic N) is 2. The highest BCUT2D eigenvalue weighted by molar-refractivity contribution is 5.82. The predicted octanol–water partition coefficient (Wildman–Crippen LogP) is 4.78. The number of halogens is 2. The van der Waals surface area contributed by atoms with Crippen molar-refractivity contribution in [1.29, 1.82) is 0 Å². The first-order valence-corrected chi connectivity index (χ1v) is 6.73. The van der Waals surface area contributed by atoms with Crippen LogP contribution in [0, 0.1) is 11.6 Å². The van der Waals surface area contributed by atoms with Gasteiger partial charge in [-0.2, -0.15) is 0 Å². The van der Waals surface area contributed by atoms with Crippen molar-refractivity contribution in [2.24, 2.45) is 4.99 Å². The van der Waals surface area contributed by atoms with Gasteiger partial charge in [0.25, 0.3) is 0 Å². The molecule has 4 heteroatoms. The van der Waals surface area contributed by atoms with Crippen LogP contribution in [0.5, 0.6) is 0 Å². The van der Waals surface area contributed by atoms with Crippen molar-refractivity contribution in [1.82, 2.24) is 4.98 Å². The molecule has 108 valence electrons. The first-order valence-electron chi connectivity index (χ1n) is 6.73. The van der Waals surface area contributed by atoms with E-state index in [9.17, 15) is 8.78 Å². The quantitative estimate of drug-likeness (QED) is 0.638. The summed E-state index contributed by atoms with van der Waals surface area (Å²) < 4.78 is 28.5. The molecule has 0 atom stereocenters. The maximum Gasteiger partial charge on any atom is 0.159 e. The fourth-order valence-corrected chi connectivity index (χ4v) is 2.11. The Hall–Kier alpha value is -2.88. The van der Waals surface area contributed by atoms with Crippen molar-refractivity contribution >= 4 is 11.9 Å². The van der Waals surface area contributed by atoms with Gasteiger partial charge in [0.05, 0.1) is 11.3 Å². The minimum atomic E-state index is -0.682. The van der Waals surface area contributed by atoms with Crippen LogP contribution in [-0.2, 0) is 0 Å². The number of hydrogen-bond donors (Lipinski definition) is 0. The number of pyridine rings is 1. The molecule has 0 aliphatic carbocycles. The van der Waals surface area contributed by atoms with Gasteiger partial charge < -0.3 is 0 Å². The molecule has 2 nitrogen and oxygen atoms in total. The summed E-state index contributed by atoms with van der Waals surface area (Å²) in [5, 5.41) is 0. The van der Waals surface area contributed by atoms with Crippen molar-refractivity contribution in [3.05, 3.63) is 84.2 Å². The van der Waals surface area contributed by atoms with Crippen LogP contribution >= 0.6 is 0 Å². The van der Waals surface area contributed by atoms with E-state index in [4.69, 9.17) is 0 Å². The van der Waals surface area contributed by atoms with Crippen molar-refractivity contribution in [3.8, 4) is 11.1 Å². The van der Waals surface area contributed by atoms with Crippen molar-refractivity contribution in [2.75, 3.05) is 0 Å². The van der Waals surface area contributed by atoms with E-state index in [0.29, 0.717) is 5.56 Å². The van der Waals surface area contributed by atoms with E-state index < -0.39 is 11.6 Å². The molecule has 0 aliphatic rings. The topological polar surface area (TPSA) is 25.2 Å². The zero-order chi connectivity index (χ0) is 15.4. The second kappa shape index (κ2) is 6.26. The van der Waals surface area contributed by atoms with Crippen molar-refractivity contribution in [3.63, 3.8) is 0 Å². The highest BCUT2D eigenvalue weighted by atomic mass is 19.1. The van der Waals surface area contributed by atoms with E-state index in [-0.39, 0.29) is 11.3 Å². The third kappa shape index (κ3) is 2.91. The van der Waals surface area contributed by atoms with Crippen molar-refractivity contribution < 1.29 is 8.78 Å². The van der Waals surface area contributed by atoms with Gasteiger partial charge in [0.1, 0.15) is 5.82 Å². The minimum absolute atomic E-state index is 0.0925. The lowest BCUT2D eigenvalue weighted by Gasteiger charge is -2.07. The average Bonchev–Trinajstić information content (AvgIpc) is 2.56. The number of hydrogen-bond acceptors (Lipinski definition) is 2. The minimum Gasteiger partial charge on any atom is -0.265 e.